The van der Waals surface area contributed by atoms with Crippen LogP contribution < -0.4 is 5.32 Å². The van der Waals surface area contributed by atoms with Crippen molar-refractivity contribution in [1.29, 1.82) is 0 Å². The number of ether oxygens (including phenoxy) is 1. The van der Waals surface area contributed by atoms with Crippen LogP contribution in [-0.4, -0.2) is 35.7 Å². The molecule has 1 saturated carbocycles. The number of rotatable bonds is 5. The smallest absolute Gasteiger partial charge is 0.335 e. The van der Waals surface area contributed by atoms with Gasteiger partial charge in [0.15, 0.2) is 0 Å². The van der Waals surface area contributed by atoms with Crippen LogP contribution in [0.1, 0.15) is 40.5 Å². The van der Waals surface area contributed by atoms with E-state index >= 15 is 0 Å². The summed E-state index contributed by atoms with van der Waals surface area (Å²) in [6, 6.07) is 6.07. The molecule has 0 aromatic heterocycles. The average molecular weight is 263 g/mol. The van der Waals surface area contributed by atoms with Crippen molar-refractivity contribution in [2.45, 2.75) is 31.9 Å². The lowest BCUT2D eigenvalue weighted by Crippen LogP contribution is -2.47. The van der Waals surface area contributed by atoms with E-state index in [9.17, 15) is 9.59 Å². The van der Waals surface area contributed by atoms with Crippen LogP contribution in [-0.2, 0) is 4.74 Å². The number of hydrogen-bond donors (Lipinski definition) is 2. The van der Waals surface area contributed by atoms with Gasteiger partial charge in [0.25, 0.3) is 5.91 Å². The normalized spacial score (nSPS) is 21.5. The van der Waals surface area contributed by atoms with Gasteiger partial charge in [-0.1, -0.05) is 0 Å². The molecule has 102 valence electrons. The third-order valence-corrected chi connectivity index (χ3v) is 3.23. The minimum Gasteiger partial charge on any atom is -0.478 e. The second-order valence-corrected chi connectivity index (χ2v) is 4.60. The molecule has 5 heteroatoms. The van der Waals surface area contributed by atoms with E-state index in [-0.39, 0.29) is 23.6 Å². The van der Waals surface area contributed by atoms with Crippen molar-refractivity contribution in [3.05, 3.63) is 35.4 Å². The van der Waals surface area contributed by atoms with Gasteiger partial charge in [0, 0.05) is 18.2 Å². The Bertz CT molecular complexity index is 463. The maximum absolute atomic E-state index is 11.9. The summed E-state index contributed by atoms with van der Waals surface area (Å²) in [6.07, 6.45) is 1.93. The molecule has 0 heterocycles. The zero-order valence-electron chi connectivity index (χ0n) is 10.8. The SMILES string of the molecule is CCOC1CC(NC(=O)c2ccc(C(=O)O)cc2)C1. The zero-order valence-corrected chi connectivity index (χ0v) is 10.8. The van der Waals surface area contributed by atoms with Crippen molar-refractivity contribution in [1.82, 2.24) is 5.32 Å². The minimum absolute atomic E-state index is 0.156. The number of benzene rings is 1. The lowest BCUT2D eigenvalue weighted by Gasteiger charge is -2.35. The molecule has 1 aliphatic carbocycles. The molecule has 2 rings (SSSR count). The second-order valence-electron chi connectivity index (χ2n) is 4.60. The second kappa shape index (κ2) is 5.84. The molecule has 1 amide bonds. The van der Waals surface area contributed by atoms with Gasteiger partial charge in [0.2, 0.25) is 0 Å². The minimum atomic E-state index is -0.995. The number of hydrogen-bond acceptors (Lipinski definition) is 3. The van der Waals surface area contributed by atoms with E-state index in [1.54, 1.807) is 0 Å². The predicted octanol–water partition coefficient (Wildman–Crippen LogP) is 1.68. The van der Waals surface area contributed by atoms with Gasteiger partial charge in [0.05, 0.1) is 11.7 Å². The molecule has 1 aromatic carbocycles. The molecule has 0 radical (unpaired) electrons. The van der Waals surface area contributed by atoms with Crippen LogP contribution in [0.3, 0.4) is 0 Å². The Labute approximate surface area is 111 Å². The lowest BCUT2D eigenvalue weighted by atomic mass is 9.89. The summed E-state index contributed by atoms with van der Waals surface area (Å²) >= 11 is 0. The van der Waals surface area contributed by atoms with E-state index in [0.717, 1.165) is 12.8 Å². The van der Waals surface area contributed by atoms with Crippen LogP contribution in [0.2, 0.25) is 0 Å². The van der Waals surface area contributed by atoms with E-state index in [2.05, 4.69) is 5.32 Å². The number of amides is 1. The van der Waals surface area contributed by atoms with Crippen molar-refractivity contribution in [2.75, 3.05) is 6.61 Å². The molecule has 0 unspecified atom stereocenters. The van der Waals surface area contributed by atoms with Gasteiger partial charge in [0.1, 0.15) is 0 Å². The number of carboxylic acid groups (broad SMARTS) is 1. The fourth-order valence-electron chi connectivity index (χ4n) is 2.09. The molecule has 0 aliphatic heterocycles. The summed E-state index contributed by atoms with van der Waals surface area (Å²) in [5, 5.41) is 11.7. The number of carbonyl (C=O) groups excluding carboxylic acids is 1. The summed E-state index contributed by atoms with van der Waals surface area (Å²) in [5.41, 5.74) is 0.654. The summed E-state index contributed by atoms with van der Waals surface area (Å²) in [4.78, 5) is 22.6. The number of nitrogens with one attached hydrogen (secondary N) is 1. The average Bonchev–Trinajstić information content (AvgIpc) is 2.36. The van der Waals surface area contributed by atoms with Crippen LogP contribution in [0.25, 0.3) is 0 Å². The highest BCUT2D eigenvalue weighted by Gasteiger charge is 2.30. The van der Waals surface area contributed by atoms with Crippen LogP contribution >= 0.6 is 0 Å². The largest absolute Gasteiger partial charge is 0.478 e. The maximum atomic E-state index is 11.9. The van der Waals surface area contributed by atoms with Crippen LogP contribution in [0, 0.1) is 0 Å². The van der Waals surface area contributed by atoms with E-state index in [0.29, 0.717) is 12.2 Å². The Balaban J connectivity index is 1.85. The van der Waals surface area contributed by atoms with Gasteiger partial charge >= 0.3 is 5.97 Å². The van der Waals surface area contributed by atoms with Crippen LogP contribution in [0.4, 0.5) is 0 Å². The molecule has 1 fully saturated rings. The van der Waals surface area contributed by atoms with E-state index in [1.165, 1.54) is 24.3 Å². The first kappa shape index (κ1) is 13.5. The van der Waals surface area contributed by atoms with Gasteiger partial charge in [-0.2, -0.15) is 0 Å². The van der Waals surface area contributed by atoms with E-state index in [4.69, 9.17) is 9.84 Å². The monoisotopic (exact) mass is 263 g/mol. The summed E-state index contributed by atoms with van der Waals surface area (Å²) < 4.78 is 5.42. The van der Waals surface area contributed by atoms with Crippen molar-refractivity contribution in [2.24, 2.45) is 0 Å². The standard InChI is InChI=1S/C14H17NO4/c1-2-19-12-7-11(8-12)15-13(16)9-3-5-10(6-4-9)14(17)18/h3-6,11-12H,2,7-8H2,1H3,(H,15,16)(H,17,18). The molecule has 5 nitrogen and oxygen atoms in total. The molecule has 0 bridgehead atoms. The van der Waals surface area contributed by atoms with Crippen LogP contribution in [0.15, 0.2) is 24.3 Å². The number of carbonyl (C=O) groups is 2. The molecule has 1 aromatic rings. The van der Waals surface area contributed by atoms with Gasteiger partial charge in [-0.3, -0.25) is 4.79 Å². The molecular weight excluding hydrogens is 246 g/mol. The molecule has 19 heavy (non-hydrogen) atoms. The Morgan fingerprint density at radius 3 is 2.37 bits per heavy atom. The molecule has 1 aliphatic rings. The summed E-state index contributed by atoms with van der Waals surface area (Å²) in [5.74, 6) is -1.16. The molecule has 2 N–H and O–H groups in total. The molecule has 0 saturated heterocycles. The first-order chi connectivity index (χ1) is 9.10. The van der Waals surface area contributed by atoms with E-state index in [1.807, 2.05) is 6.92 Å². The summed E-state index contributed by atoms with van der Waals surface area (Å²) in [6.45, 7) is 2.65. The van der Waals surface area contributed by atoms with E-state index < -0.39 is 5.97 Å². The van der Waals surface area contributed by atoms with Crippen molar-refractivity contribution in [3.63, 3.8) is 0 Å². The van der Waals surface area contributed by atoms with Gasteiger partial charge < -0.3 is 15.2 Å². The summed E-state index contributed by atoms with van der Waals surface area (Å²) in [7, 11) is 0. The third-order valence-electron chi connectivity index (χ3n) is 3.23. The highest BCUT2D eigenvalue weighted by Crippen LogP contribution is 2.23. The van der Waals surface area contributed by atoms with Crippen molar-refractivity contribution >= 4 is 11.9 Å². The Morgan fingerprint density at radius 2 is 1.84 bits per heavy atom. The highest BCUT2D eigenvalue weighted by atomic mass is 16.5. The van der Waals surface area contributed by atoms with Crippen molar-refractivity contribution in [3.8, 4) is 0 Å². The van der Waals surface area contributed by atoms with Crippen molar-refractivity contribution < 1.29 is 19.4 Å². The zero-order chi connectivity index (χ0) is 13.8. The Morgan fingerprint density at radius 1 is 1.26 bits per heavy atom. The first-order valence-corrected chi connectivity index (χ1v) is 6.36. The lowest BCUT2D eigenvalue weighted by molar-refractivity contribution is -0.00863. The topological polar surface area (TPSA) is 75.6 Å². The third kappa shape index (κ3) is 3.32. The first-order valence-electron chi connectivity index (χ1n) is 6.36. The Hall–Kier alpha value is -1.88. The number of aromatic carboxylic acids is 1. The van der Waals surface area contributed by atoms with Crippen LogP contribution in [0.5, 0.6) is 0 Å². The Kier molecular flexibility index (Phi) is 4.16. The fraction of sp³-hybridized carbons (Fsp3) is 0.429. The predicted molar refractivity (Wildman–Crippen MR) is 69.3 cm³/mol. The van der Waals surface area contributed by atoms with Gasteiger partial charge in [-0.15, -0.1) is 0 Å². The molecule has 0 atom stereocenters. The molecule has 0 spiro atoms. The highest BCUT2D eigenvalue weighted by molar-refractivity contribution is 5.96. The van der Waals surface area contributed by atoms with Gasteiger partial charge in [-0.05, 0) is 44.0 Å². The van der Waals surface area contributed by atoms with Gasteiger partial charge in [-0.25, -0.2) is 4.79 Å². The molecular formula is C14H17NO4. The fourth-order valence-corrected chi connectivity index (χ4v) is 2.09. The number of carboxylic acids is 1. The quantitative estimate of drug-likeness (QED) is 0.847. The maximum Gasteiger partial charge on any atom is 0.335 e.